The van der Waals surface area contributed by atoms with Crippen LogP contribution in [0.4, 0.5) is 0 Å². The lowest BCUT2D eigenvalue weighted by Crippen LogP contribution is -2.51. The summed E-state index contributed by atoms with van der Waals surface area (Å²) in [4.78, 5) is 20.7. The Morgan fingerprint density at radius 3 is 2.90 bits per heavy atom. The van der Waals surface area contributed by atoms with Gasteiger partial charge in [0.25, 0.3) is 5.91 Å². The molecule has 0 radical (unpaired) electrons. The monoisotopic (exact) mass is 279 g/mol. The van der Waals surface area contributed by atoms with E-state index in [1.165, 1.54) is 12.8 Å². The van der Waals surface area contributed by atoms with E-state index in [0.717, 1.165) is 38.2 Å². The van der Waals surface area contributed by atoms with Crippen molar-refractivity contribution >= 4 is 5.91 Å². The molecule has 0 saturated carbocycles. The molecule has 2 fully saturated rings. The van der Waals surface area contributed by atoms with Gasteiger partial charge in [0.05, 0.1) is 12.3 Å². The molecule has 3 rings (SSSR count). The normalized spacial score (nSPS) is 24.8. The molecule has 1 aromatic rings. The zero-order chi connectivity index (χ0) is 13.8. The molecule has 3 heterocycles. The van der Waals surface area contributed by atoms with Crippen molar-refractivity contribution in [3.8, 4) is 0 Å². The summed E-state index contributed by atoms with van der Waals surface area (Å²) in [5.74, 6) is 0.148. The molecule has 1 unspecified atom stereocenters. The molecule has 6 nitrogen and oxygen atoms in total. The Balaban J connectivity index is 1.55. The molecule has 1 aromatic heterocycles. The SMILES string of the molecule is O=C(C1CN(Cc2cocn2)CCO1)N1CCCCC1. The molecule has 1 amide bonds. The third-order valence-electron chi connectivity index (χ3n) is 3.96. The van der Waals surface area contributed by atoms with Gasteiger partial charge in [-0.2, -0.15) is 0 Å². The van der Waals surface area contributed by atoms with Crippen LogP contribution < -0.4 is 0 Å². The second-order valence-electron chi connectivity index (χ2n) is 5.46. The molecular formula is C14H21N3O3. The Bertz CT molecular complexity index is 429. The van der Waals surface area contributed by atoms with Gasteiger partial charge in [-0.05, 0) is 19.3 Å². The number of piperidine rings is 1. The van der Waals surface area contributed by atoms with E-state index in [9.17, 15) is 4.79 Å². The predicted molar refractivity (Wildman–Crippen MR) is 72.0 cm³/mol. The molecule has 0 spiro atoms. The highest BCUT2D eigenvalue weighted by atomic mass is 16.5. The van der Waals surface area contributed by atoms with Gasteiger partial charge in [-0.15, -0.1) is 0 Å². The molecule has 0 aromatic carbocycles. The first-order valence-electron chi connectivity index (χ1n) is 7.33. The summed E-state index contributed by atoms with van der Waals surface area (Å²) in [6.07, 6.45) is 6.22. The lowest BCUT2D eigenvalue weighted by Gasteiger charge is -2.35. The number of likely N-dealkylation sites (tertiary alicyclic amines) is 1. The van der Waals surface area contributed by atoms with Crippen molar-refractivity contribution in [2.75, 3.05) is 32.8 Å². The number of carbonyl (C=O) groups is 1. The molecule has 20 heavy (non-hydrogen) atoms. The number of carbonyl (C=O) groups excluding carboxylic acids is 1. The Kier molecular flexibility index (Phi) is 4.32. The van der Waals surface area contributed by atoms with Crippen molar-refractivity contribution in [3.05, 3.63) is 18.4 Å². The third-order valence-corrected chi connectivity index (χ3v) is 3.96. The summed E-state index contributed by atoms with van der Waals surface area (Å²) < 4.78 is 10.6. The van der Waals surface area contributed by atoms with Crippen LogP contribution in [0, 0.1) is 0 Å². The summed E-state index contributed by atoms with van der Waals surface area (Å²) in [6.45, 7) is 4.54. The first kappa shape index (κ1) is 13.6. The first-order valence-corrected chi connectivity index (χ1v) is 7.33. The predicted octanol–water partition coefficient (Wildman–Crippen LogP) is 0.888. The standard InChI is InChI=1S/C14H21N3O3/c18-14(17-4-2-1-3-5-17)13-9-16(6-7-20-13)8-12-10-19-11-15-12/h10-11,13H,1-9H2. The summed E-state index contributed by atoms with van der Waals surface area (Å²) in [5.41, 5.74) is 0.899. The summed E-state index contributed by atoms with van der Waals surface area (Å²) in [7, 11) is 0. The van der Waals surface area contributed by atoms with Gasteiger partial charge >= 0.3 is 0 Å². The van der Waals surface area contributed by atoms with Crippen molar-refractivity contribution in [1.29, 1.82) is 0 Å². The van der Waals surface area contributed by atoms with Crippen LogP contribution in [0.15, 0.2) is 17.1 Å². The van der Waals surface area contributed by atoms with E-state index in [0.29, 0.717) is 19.7 Å². The van der Waals surface area contributed by atoms with E-state index >= 15 is 0 Å². The molecular weight excluding hydrogens is 258 g/mol. The fourth-order valence-electron chi connectivity index (χ4n) is 2.86. The van der Waals surface area contributed by atoms with E-state index in [4.69, 9.17) is 9.15 Å². The van der Waals surface area contributed by atoms with Crippen molar-refractivity contribution in [2.24, 2.45) is 0 Å². The van der Waals surface area contributed by atoms with E-state index in [1.54, 1.807) is 6.26 Å². The number of nitrogens with zero attached hydrogens (tertiary/aromatic N) is 3. The zero-order valence-corrected chi connectivity index (χ0v) is 11.7. The lowest BCUT2D eigenvalue weighted by molar-refractivity contribution is -0.150. The van der Waals surface area contributed by atoms with Crippen molar-refractivity contribution < 1.29 is 13.9 Å². The molecule has 0 aliphatic carbocycles. The van der Waals surface area contributed by atoms with Crippen molar-refractivity contribution in [3.63, 3.8) is 0 Å². The van der Waals surface area contributed by atoms with Crippen LogP contribution in [-0.4, -0.2) is 59.6 Å². The second-order valence-corrected chi connectivity index (χ2v) is 5.46. The first-order chi connectivity index (χ1) is 9.83. The number of oxazole rings is 1. The Hall–Kier alpha value is -1.40. The Morgan fingerprint density at radius 1 is 1.30 bits per heavy atom. The van der Waals surface area contributed by atoms with Crippen LogP contribution in [0.2, 0.25) is 0 Å². The van der Waals surface area contributed by atoms with Gasteiger partial charge in [0.1, 0.15) is 12.4 Å². The van der Waals surface area contributed by atoms with E-state index in [2.05, 4.69) is 9.88 Å². The van der Waals surface area contributed by atoms with E-state index in [-0.39, 0.29) is 12.0 Å². The summed E-state index contributed by atoms with van der Waals surface area (Å²) in [6, 6.07) is 0. The van der Waals surface area contributed by atoms with Crippen LogP contribution >= 0.6 is 0 Å². The number of ether oxygens (including phenoxy) is 1. The quantitative estimate of drug-likeness (QED) is 0.822. The Labute approximate surface area is 118 Å². The number of hydrogen-bond donors (Lipinski definition) is 0. The molecule has 2 aliphatic heterocycles. The minimum atomic E-state index is -0.325. The number of morpholine rings is 1. The topological polar surface area (TPSA) is 58.8 Å². The number of amides is 1. The van der Waals surface area contributed by atoms with Crippen LogP contribution in [0.3, 0.4) is 0 Å². The highest BCUT2D eigenvalue weighted by Gasteiger charge is 2.30. The van der Waals surface area contributed by atoms with Gasteiger partial charge in [-0.25, -0.2) is 4.98 Å². The maximum absolute atomic E-state index is 12.4. The lowest BCUT2D eigenvalue weighted by atomic mass is 10.1. The summed E-state index contributed by atoms with van der Waals surface area (Å²) in [5, 5.41) is 0. The molecule has 1 atom stereocenters. The maximum Gasteiger partial charge on any atom is 0.253 e. The highest BCUT2D eigenvalue weighted by molar-refractivity contribution is 5.81. The number of aromatic nitrogens is 1. The highest BCUT2D eigenvalue weighted by Crippen LogP contribution is 2.15. The minimum absolute atomic E-state index is 0.148. The smallest absolute Gasteiger partial charge is 0.253 e. The second kappa shape index (κ2) is 6.37. The van der Waals surface area contributed by atoms with Gasteiger partial charge in [0.15, 0.2) is 6.39 Å². The number of hydrogen-bond acceptors (Lipinski definition) is 5. The van der Waals surface area contributed by atoms with Crippen molar-refractivity contribution in [1.82, 2.24) is 14.8 Å². The molecule has 110 valence electrons. The molecule has 6 heteroatoms. The van der Waals surface area contributed by atoms with Gasteiger partial charge in [-0.3, -0.25) is 9.69 Å². The third kappa shape index (κ3) is 3.19. The average Bonchev–Trinajstić information content (AvgIpc) is 3.01. The molecule has 0 N–H and O–H groups in total. The van der Waals surface area contributed by atoms with Gasteiger partial charge in [-0.1, -0.05) is 0 Å². The molecule has 0 bridgehead atoms. The van der Waals surface area contributed by atoms with E-state index in [1.807, 2.05) is 4.90 Å². The zero-order valence-electron chi connectivity index (χ0n) is 11.7. The van der Waals surface area contributed by atoms with Gasteiger partial charge in [0, 0.05) is 32.7 Å². The fourth-order valence-corrected chi connectivity index (χ4v) is 2.86. The average molecular weight is 279 g/mol. The fraction of sp³-hybridized carbons (Fsp3) is 0.714. The van der Waals surface area contributed by atoms with Crippen LogP contribution in [0.25, 0.3) is 0 Å². The maximum atomic E-state index is 12.4. The van der Waals surface area contributed by atoms with Gasteiger partial charge in [0.2, 0.25) is 0 Å². The summed E-state index contributed by atoms with van der Waals surface area (Å²) >= 11 is 0. The molecule has 2 saturated heterocycles. The minimum Gasteiger partial charge on any atom is -0.451 e. The Morgan fingerprint density at radius 2 is 2.15 bits per heavy atom. The van der Waals surface area contributed by atoms with Crippen LogP contribution in [-0.2, 0) is 16.1 Å². The van der Waals surface area contributed by atoms with Crippen LogP contribution in [0.5, 0.6) is 0 Å². The number of rotatable bonds is 3. The van der Waals surface area contributed by atoms with Crippen molar-refractivity contribution in [2.45, 2.75) is 31.9 Å². The van der Waals surface area contributed by atoms with E-state index < -0.39 is 0 Å². The van der Waals surface area contributed by atoms with Gasteiger partial charge < -0.3 is 14.1 Å². The van der Waals surface area contributed by atoms with Crippen LogP contribution in [0.1, 0.15) is 25.0 Å². The molecule has 2 aliphatic rings. The largest absolute Gasteiger partial charge is 0.451 e.